The molecule has 0 saturated carbocycles. The van der Waals surface area contributed by atoms with Crippen LogP contribution in [-0.4, -0.2) is 31.0 Å². The number of para-hydroxylation sites is 1. The van der Waals surface area contributed by atoms with Crippen molar-refractivity contribution in [2.45, 2.75) is 33.2 Å². The Morgan fingerprint density at radius 1 is 1.28 bits per heavy atom. The van der Waals surface area contributed by atoms with Crippen LogP contribution < -0.4 is 4.74 Å². The minimum Gasteiger partial charge on any atom is -0.496 e. The lowest BCUT2D eigenvalue weighted by Gasteiger charge is -2.27. The van der Waals surface area contributed by atoms with Crippen LogP contribution in [0.5, 0.6) is 5.75 Å². The fraction of sp³-hybridized carbons (Fsp3) is 0.533. The van der Waals surface area contributed by atoms with Crippen molar-refractivity contribution in [1.29, 1.82) is 0 Å². The Kier molecular flexibility index (Phi) is 5.20. The minimum atomic E-state index is 0.0371. The van der Waals surface area contributed by atoms with Crippen molar-refractivity contribution in [3.63, 3.8) is 0 Å². The molecule has 1 unspecified atom stereocenters. The van der Waals surface area contributed by atoms with Crippen molar-refractivity contribution in [3.8, 4) is 5.75 Å². The van der Waals surface area contributed by atoms with E-state index in [2.05, 4.69) is 6.92 Å². The maximum atomic E-state index is 11.9. The molecular weight excluding hydrogens is 226 g/mol. The highest BCUT2D eigenvalue weighted by atomic mass is 16.5. The van der Waals surface area contributed by atoms with E-state index >= 15 is 0 Å². The maximum absolute atomic E-state index is 11.9. The summed E-state index contributed by atoms with van der Waals surface area (Å²) in [7, 11) is 3.54. The van der Waals surface area contributed by atoms with E-state index in [0.29, 0.717) is 0 Å². The van der Waals surface area contributed by atoms with Gasteiger partial charge < -0.3 is 9.64 Å². The molecule has 18 heavy (non-hydrogen) atoms. The van der Waals surface area contributed by atoms with Crippen LogP contribution >= 0.6 is 0 Å². The summed E-state index contributed by atoms with van der Waals surface area (Å²) < 4.78 is 5.33. The molecule has 100 valence electrons. The van der Waals surface area contributed by atoms with Crippen molar-refractivity contribution in [2.24, 2.45) is 5.92 Å². The molecule has 0 radical (unpaired) electrons. The van der Waals surface area contributed by atoms with Crippen LogP contribution in [0.2, 0.25) is 0 Å². The standard InChI is InChI=1S/C15H23NO2/c1-11(2)15(17)16(4)12(3)10-13-8-6-7-9-14(13)18-5/h6-9,11-12H,10H2,1-5H3. The normalized spacial score (nSPS) is 12.3. The minimum absolute atomic E-state index is 0.0371. The average molecular weight is 249 g/mol. The molecule has 0 bridgehead atoms. The first-order chi connectivity index (χ1) is 8.47. The number of carbonyl (C=O) groups is 1. The Labute approximate surface area is 110 Å². The summed E-state index contributed by atoms with van der Waals surface area (Å²) >= 11 is 0. The van der Waals surface area contributed by atoms with E-state index in [1.807, 2.05) is 50.1 Å². The lowest BCUT2D eigenvalue weighted by molar-refractivity contribution is -0.134. The van der Waals surface area contributed by atoms with E-state index in [0.717, 1.165) is 17.7 Å². The number of rotatable bonds is 5. The van der Waals surface area contributed by atoms with Gasteiger partial charge in [0.05, 0.1) is 7.11 Å². The van der Waals surface area contributed by atoms with Crippen molar-refractivity contribution in [3.05, 3.63) is 29.8 Å². The summed E-state index contributed by atoms with van der Waals surface area (Å²) in [5.74, 6) is 1.10. The SMILES string of the molecule is COc1ccccc1CC(C)N(C)C(=O)C(C)C. The Bertz CT molecular complexity index is 401. The highest BCUT2D eigenvalue weighted by molar-refractivity contribution is 5.78. The third kappa shape index (κ3) is 3.49. The van der Waals surface area contributed by atoms with Crippen molar-refractivity contribution in [1.82, 2.24) is 4.90 Å². The average Bonchev–Trinajstić information content (AvgIpc) is 2.37. The molecule has 1 aromatic carbocycles. The van der Waals surface area contributed by atoms with E-state index in [4.69, 9.17) is 4.74 Å². The topological polar surface area (TPSA) is 29.5 Å². The molecule has 3 heteroatoms. The fourth-order valence-corrected chi connectivity index (χ4v) is 1.95. The van der Waals surface area contributed by atoms with Crippen molar-refractivity contribution in [2.75, 3.05) is 14.2 Å². The molecule has 3 nitrogen and oxygen atoms in total. The van der Waals surface area contributed by atoms with Crippen LogP contribution in [0.15, 0.2) is 24.3 Å². The second-order valence-corrected chi connectivity index (χ2v) is 4.97. The van der Waals surface area contributed by atoms with Crippen LogP contribution in [0.1, 0.15) is 26.3 Å². The summed E-state index contributed by atoms with van der Waals surface area (Å²) in [4.78, 5) is 13.7. The molecule has 1 rings (SSSR count). The number of nitrogens with zero attached hydrogens (tertiary/aromatic N) is 1. The van der Waals surface area contributed by atoms with Gasteiger partial charge in [0.1, 0.15) is 5.75 Å². The first kappa shape index (κ1) is 14.6. The first-order valence-corrected chi connectivity index (χ1v) is 6.36. The van der Waals surface area contributed by atoms with E-state index in [1.54, 1.807) is 7.11 Å². The number of likely N-dealkylation sites (N-methyl/N-ethyl adjacent to an activating group) is 1. The predicted molar refractivity (Wildman–Crippen MR) is 73.8 cm³/mol. The molecule has 0 N–H and O–H groups in total. The number of methoxy groups -OCH3 is 1. The van der Waals surface area contributed by atoms with Crippen LogP contribution in [0.4, 0.5) is 0 Å². The second-order valence-electron chi connectivity index (χ2n) is 4.97. The van der Waals surface area contributed by atoms with Crippen LogP contribution in [0, 0.1) is 5.92 Å². The van der Waals surface area contributed by atoms with Gasteiger partial charge in [-0.05, 0) is 25.0 Å². The molecule has 0 heterocycles. The van der Waals surface area contributed by atoms with Crippen LogP contribution in [0.25, 0.3) is 0 Å². The van der Waals surface area contributed by atoms with Gasteiger partial charge in [-0.25, -0.2) is 0 Å². The van der Waals surface area contributed by atoms with E-state index in [9.17, 15) is 4.79 Å². The monoisotopic (exact) mass is 249 g/mol. The Morgan fingerprint density at radius 2 is 1.89 bits per heavy atom. The zero-order valence-electron chi connectivity index (χ0n) is 11.9. The van der Waals surface area contributed by atoms with E-state index in [1.165, 1.54) is 0 Å². The number of ether oxygens (including phenoxy) is 1. The zero-order chi connectivity index (χ0) is 13.7. The van der Waals surface area contributed by atoms with Crippen molar-refractivity contribution >= 4 is 5.91 Å². The number of hydrogen-bond acceptors (Lipinski definition) is 2. The summed E-state index contributed by atoms with van der Waals surface area (Å²) in [6.45, 7) is 5.91. The largest absolute Gasteiger partial charge is 0.496 e. The molecule has 0 aromatic heterocycles. The molecule has 0 saturated heterocycles. The Morgan fingerprint density at radius 3 is 2.44 bits per heavy atom. The van der Waals surface area contributed by atoms with Gasteiger partial charge >= 0.3 is 0 Å². The highest BCUT2D eigenvalue weighted by Gasteiger charge is 2.19. The van der Waals surface area contributed by atoms with Crippen LogP contribution in [-0.2, 0) is 11.2 Å². The van der Waals surface area contributed by atoms with Gasteiger partial charge in [-0.3, -0.25) is 4.79 Å². The third-order valence-electron chi connectivity index (χ3n) is 3.21. The lowest BCUT2D eigenvalue weighted by atomic mass is 10.0. The molecule has 0 aliphatic heterocycles. The molecule has 0 fully saturated rings. The number of carbonyl (C=O) groups excluding carboxylic acids is 1. The van der Waals surface area contributed by atoms with Gasteiger partial charge in [0.2, 0.25) is 5.91 Å². The number of hydrogen-bond donors (Lipinski definition) is 0. The lowest BCUT2D eigenvalue weighted by Crippen LogP contribution is -2.38. The van der Waals surface area contributed by atoms with E-state index < -0.39 is 0 Å². The summed E-state index contributed by atoms with van der Waals surface area (Å²) in [5.41, 5.74) is 1.14. The van der Waals surface area contributed by atoms with Crippen LogP contribution in [0.3, 0.4) is 0 Å². The molecule has 1 atom stereocenters. The molecule has 0 spiro atoms. The number of amides is 1. The molecule has 1 amide bonds. The Hall–Kier alpha value is -1.51. The third-order valence-corrected chi connectivity index (χ3v) is 3.21. The first-order valence-electron chi connectivity index (χ1n) is 6.36. The van der Waals surface area contributed by atoms with Gasteiger partial charge in [0.25, 0.3) is 0 Å². The predicted octanol–water partition coefficient (Wildman–Crippen LogP) is 2.74. The number of benzene rings is 1. The second kappa shape index (κ2) is 6.43. The van der Waals surface area contributed by atoms with E-state index in [-0.39, 0.29) is 17.9 Å². The van der Waals surface area contributed by atoms with Gasteiger partial charge in [-0.1, -0.05) is 32.0 Å². The van der Waals surface area contributed by atoms with Gasteiger partial charge in [-0.15, -0.1) is 0 Å². The smallest absolute Gasteiger partial charge is 0.225 e. The quantitative estimate of drug-likeness (QED) is 0.803. The highest BCUT2D eigenvalue weighted by Crippen LogP contribution is 2.20. The fourth-order valence-electron chi connectivity index (χ4n) is 1.95. The maximum Gasteiger partial charge on any atom is 0.225 e. The van der Waals surface area contributed by atoms with Crippen molar-refractivity contribution < 1.29 is 9.53 Å². The van der Waals surface area contributed by atoms with Gasteiger partial charge in [-0.2, -0.15) is 0 Å². The summed E-state index contributed by atoms with van der Waals surface area (Å²) in [6, 6.07) is 8.11. The molecule has 0 aliphatic rings. The van der Waals surface area contributed by atoms with Gasteiger partial charge in [0, 0.05) is 19.0 Å². The summed E-state index contributed by atoms with van der Waals surface area (Å²) in [5, 5.41) is 0. The zero-order valence-corrected chi connectivity index (χ0v) is 11.9. The molecular formula is C15H23NO2. The van der Waals surface area contributed by atoms with Gasteiger partial charge in [0.15, 0.2) is 0 Å². The molecule has 1 aromatic rings. The molecule has 0 aliphatic carbocycles. The summed E-state index contributed by atoms with van der Waals surface area (Å²) in [6.07, 6.45) is 0.805. The Balaban J connectivity index is 2.75.